The zero-order valence-corrected chi connectivity index (χ0v) is 21.1. The first kappa shape index (κ1) is 26.2. The number of ketones is 1. The van der Waals surface area contributed by atoms with E-state index in [0.29, 0.717) is 13.1 Å². The Balaban J connectivity index is 0.00000210. The number of aromatic carboxylic acids is 1. The fourth-order valence-electron chi connectivity index (χ4n) is 3.35. The van der Waals surface area contributed by atoms with Crippen LogP contribution in [0.15, 0.2) is 42.5 Å². The Labute approximate surface area is 214 Å². The topological polar surface area (TPSA) is 92.7 Å². The fourth-order valence-corrected chi connectivity index (χ4v) is 3.35. The monoisotopic (exact) mass is 413 g/mol. The van der Waals surface area contributed by atoms with E-state index in [2.05, 4.69) is 0 Å². The summed E-state index contributed by atoms with van der Waals surface area (Å²) in [6, 6.07) is 10.3. The van der Waals surface area contributed by atoms with Crippen LogP contribution in [0.4, 0.5) is 5.69 Å². The summed E-state index contributed by atoms with van der Waals surface area (Å²) in [5, 5.41) is 23.8. The molecule has 0 aromatic heterocycles. The number of carbonyl (C=O) groups excluding carboxylic acids is 2. The third-order valence-corrected chi connectivity index (χ3v) is 4.80. The molecule has 1 saturated heterocycles. The van der Waals surface area contributed by atoms with E-state index >= 15 is 0 Å². The number of rotatable bonds is 7. The molecule has 8 heteroatoms. The molecule has 2 aromatic carbocycles. The van der Waals surface area contributed by atoms with E-state index in [1.54, 1.807) is 12.1 Å². The van der Waals surface area contributed by atoms with Gasteiger partial charge in [-0.05, 0) is 38.0 Å². The number of nitrogens with zero attached hydrogens (tertiary/aromatic N) is 1. The summed E-state index contributed by atoms with van der Waals surface area (Å²) in [4.78, 5) is 26.0. The number of carboxylic acids is 1. The maximum Gasteiger partial charge on any atom is 1.00 e. The average Bonchev–Trinajstić information content (AvgIpc) is 3.18. The van der Waals surface area contributed by atoms with Crippen molar-refractivity contribution in [3.8, 4) is 5.75 Å². The van der Waals surface area contributed by atoms with E-state index in [0.717, 1.165) is 25.1 Å². The van der Waals surface area contributed by atoms with Crippen molar-refractivity contribution in [3.05, 3.63) is 59.2 Å². The summed E-state index contributed by atoms with van der Waals surface area (Å²) < 4.78 is 5.66. The summed E-state index contributed by atoms with van der Waals surface area (Å²) in [7, 11) is 0. The molecule has 142 valence electrons. The van der Waals surface area contributed by atoms with Gasteiger partial charge in [0, 0.05) is 42.1 Å². The van der Waals surface area contributed by atoms with Gasteiger partial charge in [0.1, 0.15) is 0 Å². The molecule has 0 spiro atoms. The maximum absolute atomic E-state index is 12.7. The molecular weight excluding hydrogens is 392 g/mol. The van der Waals surface area contributed by atoms with Gasteiger partial charge in [-0.15, -0.1) is 0 Å². The van der Waals surface area contributed by atoms with Crippen molar-refractivity contribution in [3.63, 3.8) is 0 Å². The summed E-state index contributed by atoms with van der Waals surface area (Å²) >= 11 is 0. The molecule has 1 aliphatic rings. The molecule has 1 heterocycles. The second-order valence-electron chi connectivity index (χ2n) is 6.52. The van der Waals surface area contributed by atoms with Crippen LogP contribution in [0.1, 0.15) is 46.0 Å². The molecule has 2 aromatic rings. The van der Waals surface area contributed by atoms with Gasteiger partial charge in [0.05, 0.1) is 12.1 Å². The number of carbonyl (C=O) groups is 2. The smallest absolute Gasteiger partial charge is 0.872 e. The summed E-state index contributed by atoms with van der Waals surface area (Å²) in [6.45, 7) is 4.16. The van der Waals surface area contributed by atoms with E-state index < -0.39 is 17.5 Å². The van der Waals surface area contributed by atoms with Crippen LogP contribution in [0.25, 0.3) is 0 Å². The normalized spacial score (nSPS) is 15.1. The predicted octanol–water partition coefficient (Wildman–Crippen LogP) is -4.63. The molecule has 0 radical (unpaired) electrons. The largest absolute Gasteiger partial charge is 1.00 e. The Hall–Kier alpha value is -0.860. The van der Waals surface area contributed by atoms with Gasteiger partial charge in [0.15, 0.2) is 5.78 Å². The Morgan fingerprint density at radius 1 is 1.10 bits per heavy atom. The van der Waals surface area contributed by atoms with Crippen molar-refractivity contribution >= 4 is 17.4 Å². The molecule has 1 fully saturated rings. The fraction of sp³-hybridized carbons (Fsp3) is 0.333. The molecule has 0 amide bonds. The number of likely N-dealkylation sites (N-methyl/N-ethyl adjacent to an activating group) is 1. The van der Waals surface area contributed by atoms with Crippen molar-refractivity contribution in [1.82, 2.24) is 0 Å². The van der Waals surface area contributed by atoms with Crippen LogP contribution in [0.2, 0.25) is 0 Å². The second-order valence-corrected chi connectivity index (χ2v) is 6.52. The SMILES string of the molecule is CCN(CC1CCCO1)c1ccc(C(=O)c2ccccc2C(=O)[O-])c([O-])c1.[Na+].[Na+]. The number of anilines is 1. The Morgan fingerprint density at radius 2 is 1.79 bits per heavy atom. The van der Waals surface area contributed by atoms with Crippen molar-refractivity contribution in [2.24, 2.45) is 0 Å². The van der Waals surface area contributed by atoms with Crippen LogP contribution in [0.3, 0.4) is 0 Å². The van der Waals surface area contributed by atoms with Crippen molar-refractivity contribution in [1.29, 1.82) is 0 Å². The first-order chi connectivity index (χ1) is 13.0. The molecule has 1 aliphatic heterocycles. The van der Waals surface area contributed by atoms with Crippen LogP contribution < -0.4 is 74.2 Å². The van der Waals surface area contributed by atoms with Gasteiger partial charge < -0.3 is 24.6 Å². The van der Waals surface area contributed by atoms with Crippen LogP contribution in [-0.4, -0.2) is 37.6 Å². The zero-order chi connectivity index (χ0) is 19.4. The van der Waals surface area contributed by atoms with E-state index in [1.807, 2.05) is 11.8 Å². The Morgan fingerprint density at radius 3 is 2.34 bits per heavy atom. The van der Waals surface area contributed by atoms with Crippen LogP contribution >= 0.6 is 0 Å². The summed E-state index contributed by atoms with van der Waals surface area (Å²) in [5.74, 6) is -2.50. The first-order valence-electron chi connectivity index (χ1n) is 9.04. The molecule has 1 atom stereocenters. The second kappa shape index (κ2) is 12.1. The molecule has 0 bridgehead atoms. The Kier molecular flexibility index (Phi) is 10.9. The Bertz CT molecular complexity index is 853. The van der Waals surface area contributed by atoms with Crippen molar-refractivity contribution < 1.29 is 83.7 Å². The standard InChI is InChI=1S/C21H23NO5.2Na/c1-2-22(13-15-6-5-11-27-15)14-9-10-18(19(23)12-14)20(24)16-7-3-4-8-17(16)21(25)26;;/h3-4,7-10,12,15,23H,2,5-6,11,13H2,1H3,(H,25,26);;/q;2*+1/p-2. The van der Waals surface area contributed by atoms with Crippen LogP contribution in [-0.2, 0) is 4.74 Å². The molecule has 1 unspecified atom stereocenters. The van der Waals surface area contributed by atoms with Crippen LogP contribution in [0.5, 0.6) is 5.75 Å². The minimum absolute atomic E-state index is 0. The number of hydrogen-bond donors (Lipinski definition) is 0. The van der Waals surface area contributed by atoms with E-state index in [9.17, 15) is 19.8 Å². The number of benzene rings is 2. The number of hydrogen-bond acceptors (Lipinski definition) is 6. The number of ether oxygens (including phenoxy) is 1. The third kappa shape index (κ3) is 6.31. The third-order valence-electron chi connectivity index (χ3n) is 4.80. The molecular formula is C21H21NNa2O5. The van der Waals surface area contributed by atoms with E-state index in [-0.39, 0.29) is 81.9 Å². The van der Waals surface area contributed by atoms with E-state index in [4.69, 9.17) is 4.74 Å². The molecule has 0 N–H and O–H groups in total. The first-order valence-corrected chi connectivity index (χ1v) is 9.04. The van der Waals surface area contributed by atoms with Gasteiger partial charge in [-0.25, -0.2) is 0 Å². The van der Waals surface area contributed by atoms with Gasteiger partial charge >= 0.3 is 59.1 Å². The molecule has 29 heavy (non-hydrogen) atoms. The van der Waals surface area contributed by atoms with E-state index in [1.165, 1.54) is 30.3 Å². The quantitative estimate of drug-likeness (QED) is 0.335. The zero-order valence-electron chi connectivity index (χ0n) is 17.1. The van der Waals surface area contributed by atoms with Crippen molar-refractivity contribution in [2.75, 3.05) is 24.6 Å². The minimum Gasteiger partial charge on any atom is -0.872 e. The van der Waals surface area contributed by atoms with Gasteiger partial charge in [-0.3, -0.25) is 4.79 Å². The summed E-state index contributed by atoms with van der Waals surface area (Å²) in [5.41, 5.74) is 0.400. The van der Waals surface area contributed by atoms with Gasteiger partial charge in [0.2, 0.25) is 0 Å². The molecule has 0 aliphatic carbocycles. The summed E-state index contributed by atoms with van der Waals surface area (Å²) in [6.07, 6.45) is 2.19. The van der Waals surface area contributed by atoms with Gasteiger partial charge in [-0.2, -0.15) is 0 Å². The van der Waals surface area contributed by atoms with Gasteiger partial charge in [-0.1, -0.05) is 30.0 Å². The maximum atomic E-state index is 12.7. The molecule has 3 rings (SSSR count). The molecule has 0 saturated carbocycles. The van der Waals surface area contributed by atoms with Crippen molar-refractivity contribution in [2.45, 2.75) is 25.9 Å². The van der Waals surface area contributed by atoms with Gasteiger partial charge in [0.25, 0.3) is 0 Å². The average molecular weight is 413 g/mol. The predicted molar refractivity (Wildman–Crippen MR) is 97.0 cm³/mol. The minimum atomic E-state index is -1.45. The van der Waals surface area contributed by atoms with Crippen LogP contribution in [0, 0.1) is 0 Å². The molecule has 6 nitrogen and oxygen atoms in total. The number of carboxylic acid groups (broad SMARTS) is 1.